The normalized spacial score (nSPS) is 14.3. The van der Waals surface area contributed by atoms with Crippen molar-refractivity contribution in [3.05, 3.63) is 29.3 Å². The van der Waals surface area contributed by atoms with Crippen LogP contribution in [0.4, 0.5) is 0 Å². The third-order valence-corrected chi connectivity index (χ3v) is 5.12. The summed E-state index contributed by atoms with van der Waals surface area (Å²) >= 11 is 0. The molecule has 2 nitrogen and oxygen atoms in total. The molecule has 1 aliphatic rings. The number of benzene rings is 1. The van der Waals surface area contributed by atoms with E-state index in [1.54, 1.807) is 0 Å². The first-order valence-corrected chi connectivity index (χ1v) is 8.17. The maximum absolute atomic E-state index is 5.94. The lowest BCUT2D eigenvalue weighted by Crippen LogP contribution is -2.29. The van der Waals surface area contributed by atoms with Crippen LogP contribution >= 0.6 is 0 Å². The lowest BCUT2D eigenvalue weighted by molar-refractivity contribution is 0.213. The molecule has 0 saturated heterocycles. The number of hydrogen-bond acceptors (Lipinski definition) is 2. The Morgan fingerprint density at radius 2 is 1.90 bits per heavy atom. The molecule has 0 saturated carbocycles. The Morgan fingerprint density at radius 1 is 1.15 bits per heavy atom. The van der Waals surface area contributed by atoms with Crippen molar-refractivity contribution in [2.75, 3.05) is 13.2 Å². The highest BCUT2D eigenvalue weighted by atomic mass is 16.5. The van der Waals surface area contributed by atoms with Crippen molar-refractivity contribution >= 4 is 0 Å². The van der Waals surface area contributed by atoms with Gasteiger partial charge in [-0.05, 0) is 80.2 Å². The van der Waals surface area contributed by atoms with E-state index in [-0.39, 0.29) is 0 Å². The Labute approximate surface area is 123 Å². The molecule has 1 aromatic carbocycles. The summed E-state index contributed by atoms with van der Waals surface area (Å²) in [5.41, 5.74) is 9.26. The van der Waals surface area contributed by atoms with Gasteiger partial charge in [0.05, 0.1) is 6.61 Å². The van der Waals surface area contributed by atoms with Gasteiger partial charge in [0.15, 0.2) is 0 Å². The average molecular weight is 275 g/mol. The van der Waals surface area contributed by atoms with E-state index in [2.05, 4.69) is 32.0 Å². The number of aryl methyl sites for hydroxylation is 2. The van der Waals surface area contributed by atoms with Crippen LogP contribution in [0.2, 0.25) is 0 Å². The van der Waals surface area contributed by atoms with Crippen molar-refractivity contribution < 1.29 is 4.74 Å². The lowest BCUT2D eigenvalue weighted by atomic mass is 9.78. The number of nitrogens with two attached hydrogens (primary N) is 1. The number of fused-ring (bicyclic) bond motifs is 1. The van der Waals surface area contributed by atoms with Gasteiger partial charge >= 0.3 is 0 Å². The molecule has 0 bridgehead atoms. The quantitative estimate of drug-likeness (QED) is 0.725. The highest BCUT2D eigenvalue weighted by Gasteiger charge is 2.23. The number of rotatable bonds is 8. The van der Waals surface area contributed by atoms with Crippen LogP contribution in [-0.4, -0.2) is 13.2 Å². The van der Waals surface area contributed by atoms with E-state index >= 15 is 0 Å². The van der Waals surface area contributed by atoms with E-state index in [1.165, 1.54) is 49.7 Å². The van der Waals surface area contributed by atoms with Crippen molar-refractivity contribution in [1.82, 2.24) is 0 Å². The van der Waals surface area contributed by atoms with Gasteiger partial charge in [0.2, 0.25) is 0 Å². The van der Waals surface area contributed by atoms with Gasteiger partial charge in [0.25, 0.3) is 0 Å². The van der Waals surface area contributed by atoms with Crippen LogP contribution in [0.1, 0.15) is 57.1 Å². The molecule has 1 aromatic rings. The summed E-state index contributed by atoms with van der Waals surface area (Å²) in [5, 5.41) is 0. The molecule has 112 valence electrons. The first-order valence-electron chi connectivity index (χ1n) is 8.17. The second-order valence-electron chi connectivity index (χ2n) is 6.15. The van der Waals surface area contributed by atoms with Gasteiger partial charge in [-0.2, -0.15) is 0 Å². The number of ether oxygens (including phenoxy) is 1. The third-order valence-electron chi connectivity index (χ3n) is 5.12. The molecular formula is C18H29NO. The smallest absolute Gasteiger partial charge is 0.119 e. The summed E-state index contributed by atoms with van der Waals surface area (Å²) in [4.78, 5) is 0. The first kappa shape index (κ1) is 15.4. The van der Waals surface area contributed by atoms with Crippen LogP contribution in [0.5, 0.6) is 5.75 Å². The van der Waals surface area contributed by atoms with E-state index in [1.807, 2.05) is 0 Å². The van der Waals surface area contributed by atoms with Crippen molar-refractivity contribution in [3.63, 3.8) is 0 Å². The second-order valence-corrected chi connectivity index (χ2v) is 6.15. The topological polar surface area (TPSA) is 35.2 Å². The van der Waals surface area contributed by atoms with Gasteiger partial charge in [-0.1, -0.05) is 19.9 Å². The van der Waals surface area contributed by atoms with Gasteiger partial charge in [0, 0.05) is 0 Å². The first-order chi connectivity index (χ1) is 9.73. The van der Waals surface area contributed by atoms with Gasteiger partial charge in [-0.3, -0.25) is 0 Å². The molecule has 0 heterocycles. The van der Waals surface area contributed by atoms with Crippen molar-refractivity contribution in [3.8, 4) is 5.75 Å². The van der Waals surface area contributed by atoms with Crippen LogP contribution in [0.25, 0.3) is 0 Å². The maximum Gasteiger partial charge on any atom is 0.119 e. The largest absolute Gasteiger partial charge is 0.494 e. The molecule has 0 aliphatic heterocycles. The summed E-state index contributed by atoms with van der Waals surface area (Å²) in [6, 6.07) is 6.60. The Bertz CT molecular complexity index is 415. The van der Waals surface area contributed by atoms with Crippen LogP contribution in [0.15, 0.2) is 18.2 Å². The van der Waals surface area contributed by atoms with Crippen LogP contribution < -0.4 is 10.5 Å². The average Bonchev–Trinajstić information content (AvgIpc) is 2.96. The molecule has 2 heteroatoms. The van der Waals surface area contributed by atoms with Crippen LogP contribution in [-0.2, 0) is 12.8 Å². The molecule has 0 spiro atoms. The molecule has 20 heavy (non-hydrogen) atoms. The van der Waals surface area contributed by atoms with E-state index in [0.717, 1.165) is 25.3 Å². The summed E-state index contributed by atoms with van der Waals surface area (Å²) in [7, 11) is 0. The summed E-state index contributed by atoms with van der Waals surface area (Å²) < 4.78 is 5.92. The molecule has 0 unspecified atom stereocenters. The van der Waals surface area contributed by atoms with Gasteiger partial charge in [-0.15, -0.1) is 0 Å². The van der Waals surface area contributed by atoms with Crippen molar-refractivity contribution in [1.29, 1.82) is 0 Å². The fraction of sp³-hybridized carbons (Fsp3) is 0.667. The van der Waals surface area contributed by atoms with E-state index in [0.29, 0.717) is 5.41 Å². The highest BCUT2D eigenvalue weighted by Crippen LogP contribution is 2.31. The molecule has 1 aliphatic carbocycles. The Kier molecular flexibility index (Phi) is 5.47. The Hall–Kier alpha value is -1.02. The highest BCUT2D eigenvalue weighted by molar-refractivity contribution is 5.38. The second kappa shape index (κ2) is 7.12. The Morgan fingerprint density at radius 3 is 2.60 bits per heavy atom. The molecule has 2 rings (SSSR count). The third kappa shape index (κ3) is 3.54. The fourth-order valence-corrected chi connectivity index (χ4v) is 3.27. The standard InChI is InChI=1S/C18H29NO/c1-3-18(4-2,14-19)11-6-12-20-17-10-9-15-7-5-8-16(15)13-17/h9-10,13H,3-8,11-12,14,19H2,1-2H3. The molecule has 0 atom stereocenters. The predicted octanol–water partition coefficient (Wildman–Crippen LogP) is 4.10. The monoisotopic (exact) mass is 275 g/mol. The molecule has 2 N–H and O–H groups in total. The number of hydrogen-bond donors (Lipinski definition) is 1. The zero-order valence-electron chi connectivity index (χ0n) is 13.1. The summed E-state index contributed by atoms with van der Waals surface area (Å²) in [5.74, 6) is 1.04. The molecule has 0 radical (unpaired) electrons. The van der Waals surface area contributed by atoms with Gasteiger partial charge in [-0.25, -0.2) is 0 Å². The minimum absolute atomic E-state index is 0.321. The minimum atomic E-state index is 0.321. The lowest BCUT2D eigenvalue weighted by Gasteiger charge is -2.30. The SMILES string of the molecule is CCC(CC)(CN)CCCOc1ccc2c(c1)CCC2. The minimum Gasteiger partial charge on any atom is -0.494 e. The van der Waals surface area contributed by atoms with Crippen molar-refractivity contribution in [2.45, 2.75) is 58.8 Å². The summed E-state index contributed by atoms with van der Waals surface area (Å²) in [6.07, 6.45) is 8.34. The zero-order valence-corrected chi connectivity index (χ0v) is 13.1. The predicted molar refractivity (Wildman–Crippen MR) is 85.3 cm³/mol. The molecular weight excluding hydrogens is 246 g/mol. The van der Waals surface area contributed by atoms with E-state index in [9.17, 15) is 0 Å². The maximum atomic E-state index is 5.94. The molecule has 0 aromatic heterocycles. The van der Waals surface area contributed by atoms with Crippen molar-refractivity contribution in [2.24, 2.45) is 11.1 Å². The van der Waals surface area contributed by atoms with Gasteiger partial charge in [0.1, 0.15) is 5.75 Å². The summed E-state index contributed by atoms with van der Waals surface area (Å²) in [6.45, 7) is 6.09. The van der Waals surface area contributed by atoms with Crippen LogP contribution in [0.3, 0.4) is 0 Å². The molecule has 0 amide bonds. The van der Waals surface area contributed by atoms with E-state index in [4.69, 9.17) is 10.5 Å². The van der Waals surface area contributed by atoms with Crippen LogP contribution in [0, 0.1) is 5.41 Å². The van der Waals surface area contributed by atoms with E-state index < -0.39 is 0 Å². The Balaban J connectivity index is 1.78. The fourth-order valence-electron chi connectivity index (χ4n) is 3.27. The molecule has 0 fully saturated rings. The zero-order chi connectivity index (χ0) is 14.4. The van der Waals surface area contributed by atoms with Gasteiger partial charge < -0.3 is 10.5 Å².